The van der Waals surface area contributed by atoms with Crippen LogP contribution in [0.3, 0.4) is 0 Å². The molecule has 4 rings (SSSR count). The highest BCUT2D eigenvalue weighted by Gasteiger charge is 2.14. The van der Waals surface area contributed by atoms with Crippen molar-refractivity contribution in [3.63, 3.8) is 0 Å². The van der Waals surface area contributed by atoms with Crippen molar-refractivity contribution in [2.75, 3.05) is 51.6 Å². The van der Waals surface area contributed by atoms with Gasteiger partial charge >= 0.3 is 0 Å². The zero-order valence-electron chi connectivity index (χ0n) is 18.1. The zero-order chi connectivity index (χ0) is 20.9. The fourth-order valence-corrected chi connectivity index (χ4v) is 4.85. The second-order valence-electron chi connectivity index (χ2n) is 7.20. The van der Waals surface area contributed by atoms with E-state index in [0.29, 0.717) is 22.2 Å². The van der Waals surface area contributed by atoms with Crippen LogP contribution in [-0.2, 0) is 0 Å². The van der Waals surface area contributed by atoms with Gasteiger partial charge < -0.3 is 20.9 Å². The van der Waals surface area contributed by atoms with Crippen LogP contribution in [0.2, 0.25) is 5.02 Å². The molecule has 0 unspecified atom stereocenters. The molecule has 1 aliphatic heterocycles. The van der Waals surface area contributed by atoms with Crippen molar-refractivity contribution in [3.8, 4) is 10.6 Å². The predicted octanol–water partition coefficient (Wildman–Crippen LogP) is 4.34. The summed E-state index contributed by atoms with van der Waals surface area (Å²) in [5, 5.41) is 10.9. The summed E-state index contributed by atoms with van der Waals surface area (Å²) in [5.41, 5.74) is 1.35. The molecule has 0 spiro atoms. The summed E-state index contributed by atoms with van der Waals surface area (Å²) >= 11 is 7.97. The molecule has 3 N–H and O–H groups in total. The summed E-state index contributed by atoms with van der Waals surface area (Å²) in [6.45, 7) is 6.23. The van der Waals surface area contributed by atoms with E-state index in [0.717, 1.165) is 60.7 Å². The Kier molecular flexibility index (Phi) is 12.7. The largest absolute Gasteiger partial charge is 0.355 e. The number of hydrogen-bond donors (Lipinski definition) is 3. The Hall–Kier alpha value is -1.39. The molecule has 12 heteroatoms. The van der Waals surface area contributed by atoms with Crippen molar-refractivity contribution in [2.24, 2.45) is 0 Å². The quantitative estimate of drug-likeness (QED) is 0.377. The Bertz CT molecular complexity index is 1040. The lowest BCUT2D eigenvalue weighted by Gasteiger charge is -2.27. The topological polar surface area (TPSA) is 82.2 Å². The maximum atomic E-state index is 11.9. The minimum Gasteiger partial charge on any atom is -0.355 e. The van der Waals surface area contributed by atoms with Gasteiger partial charge in [-0.05, 0) is 36.6 Å². The van der Waals surface area contributed by atoms with Crippen LogP contribution in [0.25, 0.3) is 20.7 Å². The van der Waals surface area contributed by atoms with Gasteiger partial charge in [0.25, 0.3) is 5.91 Å². The molecule has 1 fully saturated rings. The van der Waals surface area contributed by atoms with E-state index in [1.807, 2.05) is 18.2 Å². The average molecular weight is 554 g/mol. The first kappa shape index (κ1) is 29.6. The molecule has 1 aromatic carbocycles. The van der Waals surface area contributed by atoms with E-state index in [1.54, 1.807) is 24.6 Å². The van der Waals surface area contributed by atoms with Crippen molar-refractivity contribution in [1.29, 1.82) is 0 Å². The monoisotopic (exact) mass is 552 g/mol. The van der Waals surface area contributed by atoms with E-state index in [4.69, 9.17) is 11.6 Å². The number of carbonyl (C=O) groups excluding carboxylic acids is 1. The minimum absolute atomic E-state index is 0. The van der Waals surface area contributed by atoms with E-state index < -0.39 is 0 Å². The maximum Gasteiger partial charge on any atom is 0.251 e. The van der Waals surface area contributed by atoms with Crippen molar-refractivity contribution >= 4 is 82.1 Å². The molecule has 0 saturated carbocycles. The van der Waals surface area contributed by atoms with Crippen LogP contribution in [0.4, 0.5) is 5.95 Å². The number of amides is 1. The van der Waals surface area contributed by atoms with Gasteiger partial charge in [-0.15, -0.1) is 48.6 Å². The first-order valence-corrected chi connectivity index (χ1v) is 11.3. The van der Waals surface area contributed by atoms with Crippen molar-refractivity contribution < 1.29 is 4.79 Å². The summed E-state index contributed by atoms with van der Waals surface area (Å²) < 4.78 is 1.02. The van der Waals surface area contributed by atoms with Gasteiger partial charge in [0.05, 0.1) is 16.1 Å². The molecule has 0 atom stereocenters. The Morgan fingerprint density at radius 3 is 2.70 bits per heavy atom. The molecule has 0 bridgehead atoms. The predicted molar refractivity (Wildman–Crippen MR) is 145 cm³/mol. The van der Waals surface area contributed by atoms with Crippen molar-refractivity contribution in [2.45, 2.75) is 6.42 Å². The lowest BCUT2D eigenvalue weighted by molar-refractivity contribution is 0.0963. The van der Waals surface area contributed by atoms with Gasteiger partial charge in [-0.2, -0.15) is 0 Å². The zero-order valence-corrected chi connectivity index (χ0v) is 22.1. The van der Waals surface area contributed by atoms with E-state index in [9.17, 15) is 4.79 Å². The SMILES string of the molecule is CNC(=O)c1ccc2cc(-c3nc(NCCCN4CCNCC4)ncc3Cl)sc2c1.Cl.Cl.Cl. The van der Waals surface area contributed by atoms with Gasteiger partial charge in [-0.1, -0.05) is 17.7 Å². The molecule has 7 nitrogen and oxygen atoms in total. The summed E-state index contributed by atoms with van der Waals surface area (Å²) in [5.74, 6) is 0.484. The molecule has 3 aromatic rings. The highest BCUT2D eigenvalue weighted by molar-refractivity contribution is 7.22. The van der Waals surface area contributed by atoms with Crippen LogP contribution >= 0.6 is 60.2 Å². The van der Waals surface area contributed by atoms with Gasteiger partial charge in [0, 0.05) is 50.0 Å². The molecule has 1 amide bonds. The molecule has 0 radical (unpaired) electrons. The van der Waals surface area contributed by atoms with Gasteiger partial charge in [-0.25, -0.2) is 9.97 Å². The second kappa shape index (κ2) is 14.1. The highest BCUT2D eigenvalue weighted by Crippen LogP contribution is 2.36. The summed E-state index contributed by atoms with van der Waals surface area (Å²) in [6, 6.07) is 7.72. The number of aromatic nitrogens is 2. The molecule has 2 aromatic heterocycles. The molecule has 182 valence electrons. The number of hydrogen-bond acceptors (Lipinski definition) is 7. The number of thiophene rings is 1. The number of benzene rings is 1. The van der Waals surface area contributed by atoms with E-state index in [1.165, 1.54) is 0 Å². The lowest BCUT2D eigenvalue weighted by atomic mass is 10.1. The number of rotatable bonds is 7. The third-order valence-electron chi connectivity index (χ3n) is 5.13. The standard InChI is InChI=1S/C21H25ClN6OS.3ClH/c1-23-20(29)15-4-3-14-11-18(30-17(14)12-15)19-16(22)13-26-21(27-19)25-5-2-8-28-9-6-24-7-10-28;;;/h3-4,11-13,24H,2,5-10H2,1H3,(H,23,29)(H,25,26,27);3*1H. The van der Waals surface area contributed by atoms with Crippen molar-refractivity contribution in [1.82, 2.24) is 25.5 Å². The fourth-order valence-electron chi connectivity index (χ4n) is 3.50. The molecule has 3 heterocycles. The first-order valence-electron chi connectivity index (χ1n) is 10.1. The normalized spacial score (nSPS) is 13.4. The highest BCUT2D eigenvalue weighted by atomic mass is 35.5. The Balaban J connectivity index is 0.00000181. The van der Waals surface area contributed by atoms with Gasteiger partial charge in [0.1, 0.15) is 5.69 Å². The van der Waals surface area contributed by atoms with Gasteiger partial charge in [-0.3, -0.25) is 4.79 Å². The molecule has 1 aliphatic rings. The van der Waals surface area contributed by atoms with E-state index in [-0.39, 0.29) is 43.1 Å². The number of piperazine rings is 1. The Labute approximate surface area is 221 Å². The Morgan fingerprint density at radius 2 is 1.97 bits per heavy atom. The van der Waals surface area contributed by atoms with E-state index >= 15 is 0 Å². The first-order chi connectivity index (χ1) is 14.6. The minimum atomic E-state index is -0.0979. The van der Waals surface area contributed by atoms with Crippen LogP contribution in [0.5, 0.6) is 0 Å². The van der Waals surface area contributed by atoms with Gasteiger partial charge in [0.2, 0.25) is 5.95 Å². The second-order valence-corrected chi connectivity index (χ2v) is 8.70. The van der Waals surface area contributed by atoms with Crippen molar-refractivity contribution in [3.05, 3.63) is 41.0 Å². The molecular weight excluding hydrogens is 526 g/mol. The maximum absolute atomic E-state index is 11.9. The fraction of sp³-hybridized carbons (Fsp3) is 0.381. The number of fused-ring (bicyclic) bond motifs is 1. The number of nitrogens with one attached hydrogen (secondary N) is 3. The number of anilines is 1. The summed E-state index contributed by atoms with van der Waals surface area (Å²) in [4.78, 5) is 24.3. The summed E-state index contributed by atoms with van der Waals surface area (Å²) in [6.07, 6.45) is 2.68. The summed E-state index contributed by atoms with van der Waals surface area (Å²) in [7, 11) is 1.63. The van der Waals surface area contributed by atoms with Crippen LogP contribution in [0, 0.1) is 0 Å². The van der Waals surface area contributed by atoms with Crippen LogP contribution in [0.15, 0.2) is 30.5 Å². The average Bonchev–Trinajstić information content (AvgIpc) is 3.21. The number of nitrogens with zero attached hydrogens (tertiary/aromatic N) is 3. The van der Waals surface area contributed by atoms with Crippen LogP contribution in [-0.4, -0.2) is 67.1 Å². The lowest BCUT2D eigenvalue weighted by Crippen LogP contribution is -2.44. The van der Waals surface area contributed by atoms with Gasteiger partial charge in [0.15, 0.2) is 0 Å². The smallest absolute Gasteiger partial charge is 0.251 e. The molecule has 1 saturated heterocycles. The number of halogens is 4. The van der Waals surface area contributed by atoms with E-state index in [2.05, 4.69) is 36.9 Å². The molecule has 0 aliphatic carbocycles. The third kappa shape index (κ3) is 7.55. The molecular formula is C21H28Cl4N6OS. The van der Waals surface area contributed by atoms with Crippen LogP contribution in [0.1, 0.15) is 16.8 Å². The van der Waals surface area contributed by atoms with Crippen LogP contribution < -0.4 is 16.0 Å². The Morgan fingerprint density at radius 1 is 1.21 bits per heavy atom. The molecule has 33 heavy (non-hydrogen) atoms. The number of carbonyl (C=O) groups is 1. The third-order valence-corrected chi connectivity index (χ3v) is 6.51.